The lowest BCUT2D eigenvalue weighted by Gasteiger charge is -2.18. The number of amides is 2. The van der Waals surface area contributed by atoms with Crippen molar-refractivity contribution in [1.29, 1.82) is 0 Å². The molecule has 2 amide bonds. The monoisotopic (exact) mass is 418 g/mol. The first-order valence-electron chi connectivity index (χ1n) is 9.21. The molecule has 0 unspecified atom stereocenters. The second-order valence-corrected chi connectivity index (χ2v) is 10.5. The van der Waals surface area contributed by atoms with E-state index in [0.717, 1.165) is 31.1 Å². The molecule has 1 N–H and O–H groups in total. The number of nitrogens with zero attached hydrogens (tertiary/aromatic N) is 1. The van der Waals surface area contributed by atoms with E-state index in [9.17, 15) is 18.0 Å². The van der Waals surface area contributed by atoms with Crippen molar-refractivity contribution in [3.8, 4) is 0 Å². The van der Waals surface area contributed by atoms with Crippen LogP contribution in [0.15, 0.2) is 34.5 Å². The Morgan fingerprint density at radius 1 is 1.25 bits per heavy atom. The van der Waals surface area contributed by atoms with E-state index >= 15 is 0 Å². The number of nitrogens with one attached hydrogen (secondary N) is 1. The third-order valence-corrected chi connectivity index (χ3v) is 7.85. The highest BCUT2D eigenvalue weighted by molar-refractivity contribution is 7.90. The number of thiophene rings is 1. The number of anilines is 1. The van der Waals surface area contributed by atoms with Gasteiger partial charge in [0.05, 0.1) is 10.6 Å². The molecular weight excluding hydrogens is 396 g/mol. The molecule has 2 aromatic rings. The molecule has 1 aliphatic carbocycles. The van der Waals surface area contributed by atoms with Gasteiger partial charge in [-0.2, -0.15) is 0 Å². The van der Waals surface area contributed by atoms with E-state index in [4.69, 9.17) is 0 Å². The van der Waals surface area contributed by atoms with Crippen molar-refractivity contribution in [2.45, 2.75) is 30.1 Å². The number of carbonyl (C=O) groups excluding carboxylic acids is 2. The van der Waals surface area contributed by atoms with Crippen LogP contribution in [-0.4, -0.2) is 45.0 Å². The minimum absolute atomic E-state index is 0.0510. The zero-order valence-electron chi connectivity index (χ0n) is 15.8. The van der Waals surface area contributed by atoms with Crippen LogP contribution in [0.3, 0.4) is 0 Å². The molecule has 2 heterocycles. The normalized spacial score (nSPS) is 21.8. The molecule has 8 heteroatoms. The molecule has 1 saturated heterocycles. The fourth-order valence-corrected chi connectivity index (χ4v) is 6.30. The highest BCUT2D eigenvalue weighted by atomic mass is 32.2. The van der Waals surface area contributed by atoms with Crippen LogP contribution in [0.2, 0.25) is 0 Å². The number of likely N-dealkylation sites (tertiary alicyclic amines) is 1. The summed E-state index contributed by atoms with van der Waals surface area (Å²) in [5.74, 6) is -1.73. The SMILES string of the molecule is CN1C[C@H](c2csc3c2CCC3)[C@@H](C(=O)Nc2ccccc2S(C)(=O)=O)C1=O. The van der Waals surface area contributed by atoms with Crippen molar-refractivity contribution >= 4 is 38.7 Å². The molecule has 148 valence electrons. The summed E-state index contributed by atoms with van der Waals surface area (Å²) in [7, 11) is -1.79. The van der Waals surface area contributed by atoms with Gasteiger partial charge in [0.15, 0.2) is 9.84 Å². The molecule has 1 fully saturated rings. The second-order valence-electron chi connectivity index (χ2n) is 7.51. The Kier molecular flexibility index (Phi) is 4.79. The van der Waals surface area contributed by atoms with E-state index in [0.29, 0.717) is 6.54 Å². The van der Waals surface area contributed by atoms with Crippen LogP contribution in [0.5, 0.6) is 0 Å². The number of para-hydroxylation sites is 1. The lowest BCUT2D eigenvalue weighted by atomic mass is 9.86. The number of likely N-dealkylation sites (N-methyl/N-ethyl adjacent to an activating group) is 1. The van der Waals surface area contributed by atoms with Gasteiger partial charge in [-0.25, -0.2) is 8.42 Å². The molecule has 4 rings (SSSR count). The van der Waals surface area contributed by atoms with Gasteiger partial charge in [-0.1, -0.05) is 12.1 Å². The largest absolute Gasteiger partial charge is 0.344 e. The summed E-state index contributed by atoms with van der Waals surface area (Å²) in [5, 5.41) is 4.80. The average molecular weight is 419 g/mol. The lowest BCUT2D eigenvalue weighted by molar-refractivity contribution is -0.135. The maximum Gasteiger partial charge on any atom is 0.237 e. The predicted molar refractivity (Wildman–Crippen MR) is 108 cm³/mol. The Morgan fingerprint density at radius 2 is 2.00 bits per heavy atom. The number of rotatable bonds is 4. The molecular formula is C20H22N2O4S2. The third kappa shape index (κ3) is 3.24. The Balaban J connectivity index is 1.67. The summed E-state index contributed by atoms with van der Waals surface area (Å²) in [6.07, 6.45) is 4.27. The van der Waals surface area contributed by atoms with E-state index in [1.165, 1.54) is 16.5 Å². The van der Waals surface area contributed by atoms with Crippen molar-refractivity contribution < 1.29 is 18.0 Å². The van der Waals surface area contributed by atoms with Gasteiger partial charge < -0.3 is 10.2 Å². The average Bonchev–Trinajstić information content (AvgIpc) is 3.30. The first kappa shape index (κ1) is 19.1. The predicted octanol–water partition coefficient (Wildman–Crippen LogP) is 2.45. The summed E-state index contributed by atoms with van der Waals surface area (Å²) < 4.78 is 24.1. The highest BCUT2D eigenvalue weighted by Crippen LogP contribution is 2.42. The lowest BCUT2D eigenvalue weighted by Crippen LogP contribution is -2.33. The molecule has 28 heavy (non-hydrogen) atoms. The van der Waals surface area contributed by atoms with Gasteiger partial charge in [0.1, 0.15) is 5.92 Å². The number of aryl methyl sites for hydroxylation is 1. The minimum Gasteiger partial charge on any atom is -0.344 e. The molecule has 6 nitrogen and oxygen atoms in total. The van der Waals surface area contributed by atoms with Crippen LogP contribution in [-0.2, 0) is 32.3 Å². The van der Waals surface area contributed by atoms with Gasteiger partial charge in [0, 0.05) is 30.6 Å². The fraction of sp³-hybridized carbons (Fsp3) is 0.400. The summed E-state index contributed by atoms with van der Waals surface area (Å²) in [4.78, 5) is 28.9. The molecule has 0 saturated carbocycles. The van der Waals surface area contributed by atoms with Crippen molar-refractivity contribution in [2.24, 2.45) is 5.92 Å². The Bertz CT molecular complexity index is 1060. The van der Waals surface area contributed by atoms with Crippen LogP contribution in [0.1, 0.15) is 28.3 Å². The van der Waals surface area contributed by atoms with Crippen LogP contribution >= 0.6 is 11.3 Å². The number of fused-ring (bicyclic) bond motifs is 1. The van der Waals surface area contributed by atoms with Gasteiger partial charge in [0.25, 0.3) is 0 Å². The summed E-state index contributed by atoms with van der Waals surface area (Å²) in [6.45, 7) is 0.494. The van der Waals surface area contributed by atoms with Crippen LogP contribution in [0.4, 0.5) is 5.69 Å². The summed E-state index contributed by atoms with van der Waals surface area (Å²) in [5.41, 5.74) is 2.62. The molecule has 0 bridgehead atoms. The maximum atomic E-state index is 13.1. The summed E-state index contributed by atoms with van der Waals surface area (Å²) in [6, 6.07) is 6.28. The first-order chi connectivity index (χ1) is 13.3. The Labute approximate surface area is 168 Å². The van der Waals surface area contributed by atoms with E-state index in [1.54, 1.807) is 41.5 Å². The van der Waals surface area contributed by atoms with Crippen molar-refractivity contribution in [3.63, 3.8) is 0 Å². The number of hydrogen-bond acceptors (Lipinski definition) is 5. The van der Waals surface area contributed by atoms with Gasteiger partial charge in [0.2, 0.25) is 11.8 Å². The Hall–Kier alpha value is -2.19. The first-order valence-corrected chi connectivity index (χ1v) is 12.0. The summed E-state index contributed by atoms with van der Waals surface area (Å²) >= 11 is 1.71. The van der Waals surface area contributed by atoms with E-state index in [-0.39, 0.29) is 22.4 Å². The van der Waals surface area contributed by atoms with E-state index < -0.39 is 21.7 Å². The topological polar surface area (TPSA) is 83.6 Å². The molecule has 2 atom stereocenters. The number of carbonyl (C=O) groups is 2. The van der Waals surface area contributed by atoms with E-state index in [2.05, 4.69) is 10.7 Å². The third-order valence-electron chi connectivity index (χ3n) is 5.59. The fourth-order valence-electron chi connectivity index (χ4n) is 4.24. The maximum absolute atomic E-state index is 13.1. The zero-order chi connectivity index (χ0) is 20.1. The smallest absolute Gasteiger partial charge is 0.237 e. The molecule has 1 aromatic heterocycles. The van der Waals surface area contributed by atoms with E-state index in [1.807, 2.05) is 0 Å². The molecule has 1 aromatic carbocycles. The highest BCUT2D eigenvalue weighted by Gasteiger charge is 2.45. The van der Waals surface area contributed by atoms with Crippen molar-refractivity contribution in [1.82, 2.24) is 4.90 Å². The molecule has 0 radical (unpaired) electrons. The van der Waals surface area contributed by atoms with Crippen LogP contribution in [0, 0.1) is 5.92 Å². The standard InChI is InChI=1S/C20H22N2O4S2/c1-22-10-13(14-11-27-16-8-5-6-12(14)16)18(20(22)24)19(23)21-15-7-3-4-9-17(15)28(2,25)26/h3-4,7,9,11,13,18H,5-6,8,10H2,1-2H3,(H,21,23)/t13-,18+/m1/s1. The van der Waals surface area contributed by atoms with Gasteiger partial charge in [-0.15, -0.1) is 11.3 Å². The van der Waals surface area contributed by atoms with Crippen LogP contribution < -0.4 is 5.32 Å². The Morgan fingerprint density at radius 3 is 2.75 bits per heavy atom. The van der Waals surface area contributed by atoms with Gasteiger partial charge >= 0.3 is 0 Å². The number of sulfone groups is 1. The molecule has 2 aliphatic rings. The quantitative estimate of drug-likeness (QED) is 0.773. The van der Waals surface area contributed by atoms with Crippen LogP contribution in [0.25, 0.3) is 0 Å². The zero-order valence-corrected chi connectivity index (χ0v) is 17.4. The number of hydrogen-bond donors (Lipinski definition) is 1. The van der Waals surface area contributed by atoms with Crippen molar-refractivity contribution in [3.05, 3.63) is 45.6 Å². The number of benzene rings is 1. The molecule has 0 spiro atoms. The van der Waals surface area contributed by atoms with Gasteiger partial charge in [-0.05, 0) is 47.9 Å². The minimum atomic E-state index is -3.50. The second kappa shape index (κ2) is 7.00. The molecule has 1 aliphatic heterocycles. The van der Waals surface area contributed by atoms with Crippen molar-refractivity contribution in [2.75, 3.05) is 25.2 Å². The van der Waals surface area contributed by atoms with Gasteiger partial charge in [-0.3, -0.25) is 9.59 Å².